The molecule has 5 heteroatoms. The molecule has 1 aliphatic rings. The normalized spacial score (nSPS) is 16.8. The molecular weight excluding hydrogens is 410 g/mol. The number of nitrogens with one attached hydrogen (secondary N) is 1. The van der Waals surface area contributed by atoms with Crippen molar-refractivity contribution in [1.29, 1.82) is 0 Å². The van der Waals surface area contributed by atoms with Crippen molar-refractivity contribution in [2.45, 2.75) is 39.0 Å². The van der Waals surface area contributed by atoms with Crippen LogP contribution >= 0.6 is 0 Å². The van der Waals surface area contributed by atoms with Crippen LogP contribution in [0.2, 0.25) is 0 Å². The summed E-state index contributed by atoms with van der Waals surface area (Å²) in [6.45, 7) is 6.58. The van der Waals surface area contributed by atoms with Crippen LogP contribution in [0.3, 0.4) is 0 Å². The third-order valence-corrected chi connectivity index (χ3v) is 6.42. The van der Waals surface area contributed by atoms with E-state index >= 15 is 0 Å². The molecule has 0 saturated heterocycles. The first kappa shape index (κ1) is 21.3. The lowest BCUT2D eigenvalue weighted by atomic mass is 9.99. The van der Waals surface area contributed by atoms with Crippen LogP contribution in [0.4, 0.5) is 0 Å². The van der Waals surface area contributed by atoms with Crippen molar-refractivity contribution in [2.75, 3.05) is 6.54 Å². The molecule has 168 valence electrons. The molecule has 33 heavy (non-hydrogen) atoms. The minimum atomic E-state index is -0.194. The Morgan fingerprint density at radius 3 is 2.58 bits per heavy atom. The number of benzene rings is 2. The first-order chi connectivity index (χ1) is 16.1. The van der Waals surface area contributed by atoms with Gasteiger partial charge in [-0.15, -0.1) is 0 Å². The number of hydrogen-bond donors (Lipinski definition) is 1. The molecule has 2 aromatic carbocycles. The molecule has 0 spiro atoms. The standard InChI is InChI=1S/C28H29N3O2/c1-20-10-12-23(13-11-20)27-25-9-6-16-30(25)17-18-31(27)19-24-14-15-26(33-24)28(32)29-21(2)22-7-4-3-5-8-22/h3-16,21,27H,17-19H2,1-2H3,(H,29,32). The highest BCUT2D eigenvalue weighted by molar-refractivity contribution is 5.91. The molecule has 0 fully saturated rings. The van der Waals surface area contributed by atoms with Crippen molar-refractivity contribution in [1.82, 2.24) is 14.8 Å². The first-order valence-corrected chi connectivity index (χ1v) is 11.5. The molecule has 0 saturated carbocycles. The van der Waals surface area contributed by atoms with Crippen LogP contribution in [0.15, 0.2) is 89.5 Å². The van der Waals surface area contributed by atoms with Gasteiger partial charge in [-0.25, -0.2) is 0 Å². The van der Waals surface area contributed by atoms with Crippen molar-refractivity contribution in [3.8, 4) is 0 Å². The molecule has 1 amide bonds. The third kappa shape index (κ3) is 4.50. The van der Waals surface area contributed by atoms with E-state index in [1.807, 2.05) is 43.3 Å². The summed E-state index contributed by atoms with van der Waals surface area (Å²) in [4.78, 5) is 15.2. The molecule has 0 aliphatic carbocycles. The summed E-state index contributed by atoms with van der Waals surface area (Å²) in [6, 6.07) is 26.8. The molecule has 0 radical (unpaired) electrons. The highest BCUT2D eigenvalue weighted by atomic mass is 16.4. The van der Waals surface area contributed by atoms with Crippen LogP contribution < -0.4 is 5.32 Å². The van der Waals surface area contributed by atoms with Gasteiger partial charge in [0.15, 0.2) is 5.76 Å². The fourth-order valence-electron chi connectivity index (χ4n) is 4.61. The number of aromatic nitrogens is 1. The van der Waals surface area contributed by atoms with E-state index in [1.54, 1.807) is 6.07 Å². The number of aryl methyl sites for hydroxylation is 1. The number of furan rings is 1. The fourth-order valence-corrected chi connectivity index (χ4v) is 4.61. The minimum absolute atomic E-state index is 0.0898. The topological polar surface area (TPSA) is 50.4 Å². The zero-order valence-corrected chi connectivity index (χ0v) is 19.1. The summed E-state index contributed by atoms with van der Waals surface area (Å²) in [5.74, 6) is 0.949. The Morgan fingerprint density at radius 1 is 1.00 bits per heavy atom. The van der Waals surface area contributed by atoms with Crippen LogP contribution in [0.5, 0.6) is 0 Å². The van der Waals surface area contributed by atoms with E-state index in [-0.39, 0.29) is 18.0 Å². The van der Waals surface area contributed by atoms with Crippen LogP contribution in [-0.2, 0) is 13.1 Å². The quantitative estimate of drug-likeness (QED) is 0.432. The number of carbonyl (C=O) groups is 1. The van der Waals surface area contributed by atoms with Crippen molar-refractivity contribution in [2.24, 2.45) is 0 Å². The van der Waals surface area contributed by atoms with Gasteiger partial charge in [-0.2, -0.15) is 0 Å². The number of fused-ring (bicyclic) bond motifs is 1. The Morgan fingerprint density at radius 2 is 1.79 bits per heavy atom. The van der Waals surface area contributed by atoms with Gasteiger partial charge in [0.05, 0.1) is 18.6 Å². The van der Waals surface area contributed by atoms with Gasteiger partial charge in [-0.1, -0.05) is 60.2 Å². The average molecular weight is 440 g/mol. The van der Waals surface area contributed by atoms with E-state index in [1.165, 1.54) is 16.8 Å². The van der Waals surface area contributed by atoms with Gasteiger partial charge in [-0.05, 0) is 49.2 Å². The second kappa shape index (κ2) is 9.12. The van der Waals surface area contributed by atoms with Crippen LogP contribution in [0, 0.1) is 6.92 Å². The number of hydrogen-bond acceptors (Lipinski definition) is 3. The van der Waals surface area contributed by atoms with Gasteiger partial charge in [0, 0.05) is 25.0 Å². The Bertz CT molecular complexity index is 1220. The average Bonchev–Trinajstić information content (AvgIpc) is 3.50. The van der Waals surface area contributed by atoms with E-state index in [0.717, 1.165) is 24.4 Å². The molecule has 2 atom stereocenters. The Balaban J connectivity index is 1.32. The smallest absolute Gasteiger partial charge is 0.287 e. The highest BCUT2D eigenvalue weighted by Crippen LogP contribution is 2.34. The van der Waals surface area contributed by atoms with Gasteiger partial charge in [0.1, 0.15) is 5.76 Å². The Labute approximate surface area is 194 Å². The molecule has 0 bridgehead atoms. The Hall–Kier alpha value is -3.57. The molecular formula is C28H29N3O2. The zero-order chi connectivity index (χ0) is 22.8. The first-order valence-electron chi connectivity index (χ1n) is 11.5. The molecule has 1 N–H and O–H groups in total. The highest BCUT2D eigenvalue weighted by Gasteiger charge is 2.29. The predicted molar refractivity (Wildman–Crippen MR) is 129 cm³/mol. The maximum Gasteiger partial charge on any atom is 0.287 e. The van der Waals surface area contributed by atoms with Crippen LogP contribution in [-0.4, -0.2) is 21.9 Å². The Kier molecular flexibility index (Phi) is 5.88. The molecule has 2 unspecified atom stereocenters. The van der Waals surface area contributed by atoms with Gasteiger partial charge in [0.25, 0.3) is 5.91 Å². The van der Waals surface area contributed by atoms with E-state index in [4.69, 9.17) is 4.42 Å². The zero-order valence-electron chi connectivity index (χ0n) is 19.1. The summed E-state index contributed by atoms with van der Waals surface area (Å²) in [5.41, 5.74) is 4.87. The molecule has 4 aromatic rings. The van der Waals surface area contributed by atoms with Crippen LogP contribution in [0.25, 0.3) is 0 Å². The van der Waals surface area contributed by atoms with Crippen LogP contribution in [0.1, 0.15) is 57.7 Å². The summed E-state index contributed by atoms with van der Waals surface area (Å²) in [6.07, 6.45) is 2.15. The van der Waals surface area contributed by atoms with Gasteiger partial charge >= 0.3 is 0 Å². The lowest BCUT2D eigenvalue weighted by Gasteiger charge is -2.37. The second-order valence-corrected chi connectivity index (χ2v) is 8.78. The predicted octanol–water partition coefficient (Wildman–Crippen LogP) is 5.49. The maximum absolute atomic E-state index is 12.8. The minimum Gasteiger partial charge on any atom is -0.455 e. The van der Waals surface area contributed by atoms with Gasteiger partial charge < -0.3 is 14.3 Å². The summed E-state index contributed by atoms with van der Waals surface area (Å²) in [7, 11) is 0. The number of carbonyl (C=O) groups excluding carboxylic acids is 1. The second-order valence-electron chi connectivity index (χ2n) is 8.78. The van der Waals surface area contributed by atoms with Crippen molar-refractivity contribution in [3.63, 3.8) is 0 Å². The SMILES string of the molecule is Cc1ccc(C2c3cccn3CCN2Cc2ccc(C(=O)NC(C)c3ccccc3)o2)cc1. The molecule has 3 heterocycles. The maximum atomic E-state index is 12.8. The molecule has 5 nitrogen and oxygen atoms in total. The lowest BCUT2D eigenvalue weighted by molar-refractivity contribution is 0.0905. The van der Waals surface area contributed by atoms with Crippen molar-refractivity contribution < 1.29 is 9.21 Å². The lowest BCUT2D eigenvalue weighted by Crippen LogP contribution is -2.37. The van der Waals surface area contributed by atoms with E-state index < -0.39 is 0 Å². The van der Waals surface area contributed by atoms with E-state index in [2.05, 4.69) is 64.3 Å². The summed E-state index contributed by atoms with van der Waals surface area (Å²) >= 11 is 0. The number of amides is 1. The molecule has 2 aromatic heterocycles. The van der Waals surface area contributed by atoms with Gasteiger partial charge in [-0.3, -0.25) is 9.69 Å². The van der Waals surface area contributed by atoms with E-state index in [0.29, 0.717) is 12.3 Å². The fraction of sp³-hybridized carbons (Fsp3) is 0.250. The number of nitrogens with zero attached hydrogens (tertiary/aromatic N) is 2. The monoisotopic (exact) mass is 439 g/mol. The molecule has 1 aliphatic heterocycles. The van der Waals surface area contributed by atoms with Crippen molar-refractivity contribution in [3.05, 3.63) is 119 Å². The van der Waals surface area contributed by atoms with E-state index in [9.17, 15) is 4.79 Å². The summed E-state index contributed by atoms with van der Waals surface area (Å²) < 4.78 is 8.32. The molecule has 5 rings (SSSR count). The van der Waals surface area contributed by atoms with Crippen molar-refractivity contribution >= 4 is 5.91 Å². The number of rotatable bonds is 6. The van der Waals surface area contributed by atoms with Gasteiger partial charge in [0.2, 0.25) is 0 Å². The summed E-state index contributed by atoms with van der Waals surface area (Å²) in [5, 5.41) is 3.03. The third-order valence-electron chi connectivity index (χ3n) is 6.42. The largest absolute Gasteiger partial charge is 0.455 e.